The van der Waals surface area contributed by atoms with E-state index in [0.29, 0.717) is 43.2 Å². The highest BCUT2D eigenvalue weighted by atomic mass is 19.1. The maximum absolute atomic E-state index is 14.8. The van der Waals surface area contributed by atoms with Crippen molar-refractivity contribution >= 4 is 17.9 Å². The molecule has 9 nitrogen and oxygen atoms in total. The molecule has 10 heteroatoms. The summed E-state index contributed by atoms with van der Waals surface area (Å²) in [4.78, 5) is 44.4. The Bertz CT molecular complexity index is 1220. The molecule has 2 aromatic carbocycles. The number of hydrogen-bond donors (Lipinski definition) is 1. The number of halogens is 1. The summed E-state index contributed by atoms with van der Waals surface area (Å²) >= 11 is 0. The predicted molar refractivity (Wildman–Crippen MR) is 139 cm³/mol. The number of likely N-dealkylation sites (N-methyl/N-ethyl adjacent to an activating group) is 1. The van der Waals surface area contributed by atoms with Crippen LogP contribution in [0.5, 0.6) is 5.75 Å². The highest BCUT2D eigenvalue weighted by molar-refractivity contribution is 5.95. The molecule has 4 rings (SSSR count). The van der Waals surface area contributed by atoms with Gasteiger partial charge in [-0.3, -0.25) is 14.6 Å². The van der Waals surface area contributed by atoms with Crippen LogP contribution in [0, 0.1) is 5.82 Å². The van der Waals surface area contributed by atoms with Gasteiger partial charge in [-0.2, -0.15) is 0 Å². The quantitative estimate of drug-likeness (QED) is 0.560. The number of urea groups is 1. The topological polar surface area (TPSA) is 91.4 Å². The zero-order valence-electron chi connectivity index (χ0n) is 21.9. The highest BCUT2D eigenvalue weighted by Crippen LogP contribution is 2.32. The molecular weight excluding hydrogens is 491 g/mol. The van der Waals surface area contributed by atoms with E-state index in [1.165, 1.54) is 11.0 Å². The summed E-state index contributed by atoms with van der Waals surface area (Å²) < 4.78 is 25.3. The number of methoxy groups -OCH3 is 1. The van der Waals surface area contributed by atoms with Gasteiger partial charge < -0.3 is 19.7 Å². The first kappa shape index (κ1) is 27.1. The molecule has 202 valence electrons. The van der Waals surface area contributed by atoms with Gasteiger partial charge in [0.2, 0.25) is 0 Å². The fourth-order valence-electron chi connectivity index (χ4n) is 4.80. The molecule has 2 aromatic rings. The van der Waals surface area contributed by atoms with Crippen LogP contribution in [0.4, 0.5) is 9.18 Å². The Morgan fingerprint density at radius 1 is 1.05 bits per heavy atom. The lowest BCUT2D eigenvalue weighted by molar-refractivity contribution is -0.139. The third-order valence-electron chi connectivity index (χ3n) is 6.87. The van der Waals surface area contributed by atoms with Crippen molar-refractivity contribution in [1.29, 1.82) is 0 Å². The second kappa shape index (κ2) is 12.1. The average Bonchev–Trinajstić information content (AvgIpc) is 3.17. The Balaban J connectivity index is 1.58. The van der Waals surface area contributed by atoms with Gasteiger partial charge in [0, 0.05) is 56.6 Å². The van der Waals surface area contributed by atoms with Crippen molar-refractivity contribution in [3.05, 3.63) is 76.7 Å². The normalized spacial score (nSPS) is 18.6. The Hall–Kier alpha value is -3.92. The summed E-state index contributed by atoms with van der Waals surface area (Å²) in [6, 6.07) is 11.7. The minimum absolute atomic E-state index is 0.0605. The molecule has 0 saturated carbocycles. The van der Waals surface area contributed by atoms with Crippen LogP contribution in [0.3, 0.4) is 0 Å². The van der Waals surface area contributed by atoms with Crippen LogP contribution >= 0.6 is 0 Å². The van der Waals surface area contributed by atoms with E-state index in [9.17, 15) is 18.8 Å². The van der Waals surface area contributed by atoms with Crippen molar-refractivity contribution in [2.24, 2.45) is 0 Å². The molecule has 1 atom stereocenters. The highest BCUT2D eigenvalue weighted by Gasteiger charge is 2.38. The van der Waals surface area contributed by atoms with Crippen LogP contribution < -0.4 is 10.1 Å². The molecule has 0 aromatic heterocycles. The van der Waals surface area contributed by atoms with E-state index < -0.39 is 23.9 Å². The Labute approximate surface area is 221 Å². The first-order chi connectivity index (χ1) is 18.3. The van der Waals surface area contributed by atoms with E-state index in [4.69, 9.17) is 9.47 Å². The number of hydrogen-bond acceptors (Lipinski definition) is 6. The van der Waals surface area contributed by atoms with Gasteiger partial charge in [0.05, 0.1) is 25.3 Å². The minimum Gasteiger partial charge on any atom is -0.497 e. The number of carbonyl (C=O) groups is 3. The molecule has 2 aliphatic heterocycles. The van der Waals surface area contributed by atoms with Crippen LogP contribution in [0.15, 0.2) is 59.8 Å². The van der Waals surface area contributed by atoms with E-state index in [0.717, 1.165) is 6.42 Å². The van der Waals surface area contributed by atoms with Crippen molar-refractivity contribution in [2.75, 3.05) is 53.5 Å². The Kier molecular flexibility index (Phi) is 8.62. The van der Waals surface area contributed by atoms with E-state index in [2.05, 4.69) is 10.2 Å². The molecular formula is C28H33FN4O5. The van der Waals surface area contributed by atoms with Crippen LogP contribution in [-0.2, 0) is 9.53 Å². The second-order valence-electron chi connectivity index (χ2n) is 9.19. The number of ether oxygens (including phenoxy) is 2. The van der Waals surface area contributed by atoms with Crippen molar-refractivity contribution in [3.8, 4) is 5.75 Å². The average molecular weight is 525 g/mol. The van der Waals surface area contributed by atoms with Crippen molar-refractivity contribution in [2.45, 2.75) is 19.4 Å². The van der Waals surface area contributed by atoms with Crippen molar-refractivity contribution < 1.29 is 28.2 Å². The molecule has 1 fully saturated rings. The molecule has 3 amide bonds. The molecule has 1 saturated heterocycles. The van der Waals surface area contributed by atoms with Crippen LogP contribution in [0.25, 0.3) is 0 Å². The van der Waals surface area contributed by atoms with E-state index >= 15 is 0 Å². The number of esters is 1. The number of nitrogens with zero attached hydrogens (tertiary/aromatic N) is 3. The zero-order valence-corrected chi connectivity index (χ0v) is 21.9. The Morgan fingerprint density at radius 3 is 2.47 bits per heavy atom. The number of nitrogens with one attached hydrogen (secondary N) is 1. The molecule has 0 radical (unpaired) electrons. The van der Waals surface area contributed by atoms with Gasteiger partial charge in [0.25, 0.3) is 5.91 Å². The van der Waals surface area contributed by atoms with E-state index in [-0.39, 0.29) is 30.2 Å². The first-order valence-electron chi connectivity index (χ1n) is 12.7. The maximum Gasteiger partial charge on any atom is 0.338 e. The number of benzene rings is 2. The predicted octanol–water partition coefficient (Wildman–Crippen LogP) is 3.20. The van der Waals surface area contributed by atoms with Crippen LogP contribution in [0.1, 0.15) is 35.3 Å². The van der Waals surface area contributed by atoms with Gasteiger partial charge in [-0.25, -0.2) is 14.0 Å². The zero-order chi connectivity index (χ0) is 27.2. The number of rotatable bonds is 7. The lowest BCUT2D eigenvalue weighted by Crippen LogP contribution is -2.49. The summed E-state index contributed by atoms with van der Waals surface area (Å²) in [5.74, 6) is -0.502. The SMILES string of the molecule is CCOC(=O)C1=C(CN2CCCN(C(=O)c3ccc(OC)cc3)CC2)N(C)C(=O)N[C@@H]1c1ccccc1F. The molecule has 1 N–H and O–H groups in total. The summed E-state index contributed by atoms with van der Waals surface area (Å²) in [5.41, 5.74) is 1.44. The van der Waals surface area contributed by atoms with Crippen LogP contribution in [-0.4, -0.2) is 86.1 Å². The first-order valence-corrected chi connectivity index (χ1v) is 12.7. The molecule has 0 aliphatic carbocycles. The lowest BCUT2D eigenvalue weighted by Gasteiger charge is -2.36. The molecule has 0 unspecified atom stereocenters. The van der Waals surface area contributed by atoms with Gasteiger partial charge in [0.15, 0.2) is 0 Å². The largest absolute Gasteiger partial charge is 0.497 e. The maximum atomic E-state index is 14.8. The lowest BCUT2D eigenvalue weighted by atomic mass is 9.94. The standard InChI is InChI=1S/C28H33FN4O5/c1-4-38-27(35)24-23(31(2)28(36)30-25(24)21-8-5-6-9-22(21)29)18-32-14-7-15-33(17-16-32)26(34)19-10-12-20(37-3)13-11-19/h5-6,8-13,25H,4,7,14-18H2,1-3H3,(H,30,36)/t25-/m1/s1. The number of amides is 3. The van der Waals surface area contributed by atoms with E-state index in [1.54, 1.807) is 63.5 Å². The molecule has 38 heavy (non-hydrogen) atoms. The molecule has 0 spiro atoms. The van der Waals surface area contributed by atoms with Gasteiger partial charge in [-0.15, -0.1) is 0 Å². The number of carbonyl (C=O) groups excluding carboxylic acids is 3. The third kappa shape index (κ3) is 5.80. The van der Waals surface area contributed by atoms with E-state index in [1.807, 2.05) is 4.90 Å². The van der Waals surface area contributed by atoms with Crippen LogP contribution in [0.2, 0.25) is 0 Å². The summed E-state index contributed by atoms with van der Waals surface area (Å²) in [5, 5.41) is 2.75. The van der Waals surface area contributed by atoms with Gasteiger partial charge in [0.1, 0.15) is 11.6 Å². The fourth-order valence-corrected chi connectivity index (χ4v) is 4.80. The molecule has 2 aliphatic rings. The molecule has 2 heterocycles. The second-order valence-corrected chi connectivity index (χ2v) is 9.19. The summed E-state index contributed by atoms with van der Waals surface area (Å²) in [6.07, 6.45) is 0.719. The third-order valence-corrected chi connectivity index (χ3v) is 6.87. The summed E-state index contributed by atoms with van der Waals surface area (Å²) in [6.45, 7) is 4.38. The monoisotopic (exact) mass is 524 g/mol. The molecule has 0 bridgehead atoms. The Morgan fingerprint density at radius 2 is 1.79 bits per heavy atom. The smallest absolute Gasteiger partial charge is 0.338 e. The van der Waals surface area contributed by atoms with Crippen molar-refractivity contribution in [1.82, 2.24) is 20.0 Å². The summed E-state index contributed by atoms with van der Waals surface area (Å²) in [7, 11) is 3.16. The van der Waals surface area contributed by atoms with Gasteiger partial charge in [-0.05, 0) is 43.7 Å². The minimum atomic E-state index is -0.978. The van der Waals surface area contributed by atoms with Crippen molar-refractivity contribution in [3.63, 3.8) is 0 Å². The van der Waals surface area contributed by atoms with Gasteiger partial charge >= 0.3 is 12.0 Å². The fraction of sp³-hybridized carbons (Fsp3) is 0.393. The van der Waals surface area contributed by atoms with Gasteiger partial charge in [-0.1, -0.05) is 18.2 Å².